The Morgan fingerprint density at radius 3 is 2.27 bits per heavy atom. The quantitative estimate of drug-likeness (QED) is 0.739. The van der Waals surface area contributed by atoms with Crippen molar-refractivity contribution < 1.29 is 0 Å². The highest BCUT2D eigenvalue weighted by Crippen LogP contribution is 2.33. The molecule has 0 fully saturated rings. The number of nitrogens with one attached hydrogen (secondary N) is 1. The van der Waals surface area contributed by atoms with Crippen molar-refractivity contribution in [1.82, 2.24) is 15.2 Å². The van der Waals surface area contributed by atoms with Crippen LogP contribution in [0.4, 0.5) is 5.95 Å². The molecule has 1 unspecified atom stereocenters. The van der Waals surface area contributed by atoms with Crippen LogP contribution in [0, 0.1) is 5.41 Å². The van der Waals surface area contributed by atoms with Gasteiger partial charge < -0.3 is 5.73 Å². The van der Waals surface area contributed by atoms with Gasteiger partial charge in [0, 0.05) is 5.33 Å². The molecule has 1 aromatic carbocycles. The number of benzene rings is 1. The number of hydrogen-bond donors (Lipinski definition) is 2. The predicted octanol–water partition coefficient (Wildman–Crippen LogP) is 4.90. The van der Waals surface area contributed by atoms with Crippen LogP contribution in [0.5, 0.6) is 0 Å². The topological polar surface area (TPSA) is 67.6 Å². The van der Waals surface area contributed by atoms with Crippen LogP contribution in [-0.2, 0) is 5.33 Å². The molecule has 1 heterocycles. The van der Waals surface area contributed by atoms with Crippen LogP contribution in [0.15, 0.2) is 30.6 Å². The normalized spacial score (nSPS) is 12.4. The molecule has 2 rings (SSSR count). The molecule has 0 bridgehead atoms. The first kappa shape index (κ1) is 18.7. The van der Waals surface area contributed by atoms with E-state index in [2.05, 4.69) is 83.1 Å². The second-order valence-corrected chi connectivity index (χ2v) is 6.93. The van der Waals surface area contributed by atoms with Gasteiger partial charge in [-0.05, 0) is 28.9 Å². The number of nitrogens with two attached hydrogens (primary N) is 1. The number of H-pyrrole nitrogens is 1. The molecule has 3 N–H and O–H groups in total. The molecular weight excluding hydrogens is 340 g/mol. The fraction of sp³-hybridized carbons (Fsp3) is 0.529. The van der Waals surface area contributed by atoms with E-state index in [-0.39, 0.29) is 0 Å². The second-order valence-electron chi connectivity index (χ2n) is 6.37. The van der Waals surface area contributed by atoms with Crippen LogP contribution in [0.1, 0.15) is 57.6 Å². The number of nitrogens with zero attached hydrogens (tertiary/aromatic N) is 2. The Morgan fingerprint density at radius 2 is 1.91 bits per heavy atom. The summed E-state index contributed by atoms with van der Waals surface area (Å²) >= 11 is 3.48. The number of anilines is 1. The third-order valence-corrected chi connectivity index (χ3v) is 4.60. The van der Waals surface area contributed by atoms with E-state index in [1.54, 1.807) is 0 Å². The molecule has 1 aromatic heterocycles. The maximum atomic E-state index is 5.05. The fourth-order valence-corrected chi connectivity index (χ4v) is 2.62. The van der Waals surface area contributed by atoms with E-state index >= 15 is 0 Å². The van der Waals surface area contributed by atoms with Crippen LogP contribution in [0.25, 0.3) is 0 Å². The van der Waals surface area contributed by atoms with Gasteiger partial charge in [-0.3, -0.25) is 0 Å². The van der Waals surface area contributed by atoms with Gasteiger partial charge in [-0.25, -0.2) is 10.1 Å². The van der Waals surface area contributed by atoms with Crippen molar-refractivity contribution >= 4 is 21.9 Å². The van der Waals surface area contributed by atoms with E-state index in [0.717, 1.165) is 5.33 Å². The number of nitrogen functional groups attached to an aromatic ring is 1. The molecule has 122 valence electrons. The minimum absolute atomic E-state index is 0.356. The molecule has 0 aliphatic heterocycles. The lowest BCUT2D eigenvalue weighted by Crippen LogP contribution is -2.13. The first-order valence-electron chi connectivity index (χ1n) is 7.63. The van der Waals surface area contributed by atoms with Crippen molar-refractivity contribution in [3.63, 3.8) is 0 Å². The first-order valence-corrected chi connectivity index (χ1v) is 8.75. The minimum Gasteiger partial charge on any atom is -0.368 e. The van der Waals surface area contributed by atoms with E-state index in [4.69, 9.17) is 5.73 Å². The maximum Gasteiger partial charge on any atom is 0.215 e. The van der Waals surface area contributed by atoms with Gasteiger partial charge in [-0.1, -0.05) is 74.3 Å². The van der Waals surface area contributed by atoms with Crippen molar-refractivity contribution in [1.29, 1.82) is 0 Å². The molecule has 0 radical (unpaired) electrons. The summed E-state index contributed by atoms with van der Waals surface area (Å²) in [7, 11) is 0. The molecular formula is C17H27BrN4. The SMILES string of the molecule is CCC(C)(C)CC(C)c1ccc(CBr)cc1.Nc1ncn[nH]1. The van der Waals surface area contributed by atoms with Gasteiger partial charge in [-0.2, -0.15) is 5.10 Å². The molecule has 4 nitrogen and oxygen atoms in total. The monoisotopic (exact) mass is 366 g/mol. The van der Waals surface area contributed by atoms with Gasteiger partial charge in [0.05, 0.1) is 0 Å². The molecule has 22 heavy (non-hydrogen) atoms. The average molecular weight is 367 g/mol. The van der Waals surface area contributed by atoms with E-state index in [1.807, 2.05) is 0 Å². The molecule has 0 aliphatic rings. The van der Waals surface area contributed by atoms with Crippen LogP contribution in [-0.4, -0.2) is 15.2 Å². The van der Waals surface area contributed by atoms with Gasteiger partial charge in [0.15, 0.2) is 0 Å². The second kappa shape index (κ2) is 8.93. The standard InChI is InChI=1S/C15H23Br.C2H4N4/c1-5-15(3,4)10-12(2)14-8-6-13(11-16)7-9-14;3-2-4-1-5-6-2/h6-9,12H,5,10-11H2,1-4H3;1H,(H3,3,4,5,6). The van der Waals surface area contributed by atoms with Crippen LogP contribution >= 0.6 is 15.9 Å². The Morgan fingerprint density at radius 1 is 1.27 bits per heavy atom. The van der Waals surface area contributed by atoms with Crippen molar-refractivity contribution in [3.8, 4) is 0 Å². The van der Waals surface area contributed by atoms with Crippen molar-refractivity contribution in [2.75, 3.05) is 5.73 Å². The van der Waals surface area contributed by atoms with Gasteiger partial charge in [0.1, 0.15) is 6.33 Å². The van der Waals surface area contributed by atoms with Crippen molar-refractivity contribution in [2.45, 2.75) is 51.8 Å². The van der Waals surface area contributed by atoms with E-state index in [9.17, 15) is 0 Å². The van der Waals surface area contributed by atoms with Gasteiger partial charge in [0.25, 0.3) is 0 Å². The Kier molecular flexibility index (Phi) is 7.59. The average Bonchev–Trinajstić information content (AvgIpc) is 2.98. The number of aromatic amines is 1. The number of rotatable bonds is 5. The maximum absolute atomic E-state index is 5.05. The zero-order valence-electron chi connectivity index (χ0n) is 13.9. The molecule has 0 aliphatic carbocycles. The highest BCUT2D eigenvalue weighted by atomic mass is 79.9. The highest BCUT2D eigenvalue weighted by Gasteiger charge is 2.19. The largest absolute Gasteiger partial charge is 0.368 e. The van der Waals surface area contributed by atoms with Crippen molar-refractivity contribution in [3.05, 3.63) is 41.7 Å². The molecule has 0 saturated heterocycles. The lowest BCUT2D eigenvalue weighted by molar-refractivity contribution is 0.299. The smallest absolute Gasteiger partial charge is 0.215 e. The predicted molar refractivity (Wildman–Crippen MR) is 97.0 cm³/mol. The van der Waals surface area contributed by atoms with Crippen LogP contribution in [0.3, 0.4) is 0 Å². The van der Waals surface area contributed by atoms with E-state index in [0.29, 0.717) is 17.3 Å². The number of alkyl halides is 1. The van der Waals surface area contributed by atoms with E-state index < -0.39 is 0 Å². The molecule has 0 saturated carbocycles. The molecule has 0 spiro atoms. The lowest BCUT2D eigenvalue weighted by Gasteiger charge is -2.26. The summed E-state index contributed by atoms with van der Waals surface area (Å²) in [5.74, 6) is 1.01. The third kappa shape index (κ3) is 6.60. The number of aromatic nitrogens is 3. The summed E-state index contributed by atoms with van der Waals surface area (Å²) in [5, 5.41) is 6.82. The van der Waals surface area contributed by atoms with Crippen molar-refractivity contribution in [2.24, 2.45) is 5.41 Å². The van der Waals surface area contributed by atoms with Gasteiger partial charge in [0.2, 0.25) is 5.95 Å². The molecule has 5 heteroatoms. The van der Waals surface area contributed by atoms with Crippen LogP contribution in [0.2, 0.25) is 0 Å². The Hall–Kier alpha value is -1.36. The summed E-state index contributed by atoms with van der Waals surface area (Å²) in [4.78, 5) is 3.53. The van der Waals surface area contributed by atoms with Gasteiger partial charge in [-0.15, -0.1) is 0 Å². The third-order valence-electron chi connectivity index (χ3n) is 3.95. The first-order chi connectivity index (χ1) is 10.4. The number of halogens is 1. The zero-order chi connectivity index (χ0) is 16.6. The summed E-state index contributed by atoms with van der Waals surface area (Å²) in [6, 6.07) is 8.99. The summed E-state index contributed by atoms with van der Waals surface area (Å²) < 4.78 is 0. The Bertz CT molecular complexity index is 520. The zero-order valence-corrected chi connectivity index (χ0v) is 15.5. The number of hydrogen-bond acceptors (Lipinski definition) is 3. The lowest BCUT2D eigenvalue weighted by atomic mass is 9.79. The molecule has 0 amide bonds. The minimum atomic E-state index is 0.356. The summed E-state index contributed by atoms with van der Waals surface area (Å²) in [5.41, 5.74) is 8.32. The Labute approximate surface area is 142 Å². The summed E-state index contributed by atoms with van der Waals surface area (Å²) in [6.45, 7) is 9.33. The highest BCUT2D eigenvalue weighted by molar-refractivity contribution is 9.08. The summed E-state index contributed by atoms with van der Waals surface area (Å²) in [6.07, 6.45) is 3.86. The Balaban J connectivity index is 0.000000335. The van der Waals surface area contributed by atoms with Crippen LogP contribution < -0.4 is 5.73 Å². The van der Waals surface area contributed by atoms with Gasteiger partial charge >= 0.3 is 0 Å². The molecule has 2 aromatic rings. The fourth-order valence-electron chi connectivity index (χ4n) is 2.24. The van der Waals surface area contributed by atoms with E-state index in [1.165, 1.54) is 30.3 Å². The molecule has 1 atom stereocenters.